The van der Waals surface area contributed by atoms with Crippen molar-refractivity contribution in [3.05, 3.63) is 44.7 Å². The second kappa shape index (κ2) is 6.89. The Bertz CT molecular complexity index is 762. The highest BCUT2D eigenvalue weighted by Crippen LogP contribution is 2.34. The van der Waals surface area contributed by atoms with E-state index in [1.165, 1.54) is 11.6 Å². The van der Waals surface area contributed by atoms with Crippen molar-refractivity contribution in [2.75, 3.05) is 5.32 Å². The molecule has 1 atom stereocenters. The molecule has 1 aromatic heterocycles. The van der Waals surface area contributed by atoms with Gasteiger partial charge in [0, 0.05) is 6.20 Å². The predicted molar refractivity (Wildman–Crippen MR) is 90.7 cm³/mol. The molecule has 0 unspecified atom stereocenters. The van der Waals surface area contributed by atoms with E-state index in [1.54, 1.807) is 12.4 Å². The van der Waals surface area contributed by atoms with Crippen LogP contribution < -0.4 is 5.32 Å². The number of carbonyl (C=O) groups excluding carboxylic acids is 1. The maximum atomic E-state index is 12.6. The van der Waals surface area contributed by atoms with Gasteiger partial charge in [0.05, 0.1) is 32.6 Å². The Balaban J connectivity index is 2.13. The first-order valence-corrected chi connectivity index (χ1v) is 8.03. The number of nitrogens with zero attached hydrogens (tertiary/aromatic N) is 2. The van der Waals surface area contributed by atoms with Gasteiger partial charge < -0.3 is 10.4 Å². The summed E-state index contributed by atoms with van der Waals surface area (Å²) in [6.45, 7) is 1.15. The highest BCUT2D eigenvalue weighted by atomic mass is 127. The summed E-state index contributed by atoms with van der Waals surface area (Å²) in [5.41, 5.74) is -2.78. The van der Waals surface area contributed by atoms with E-state index in [-0.39, 0.29) is 17.3 Å². The summed E-state index contributed by atoms with van der Waals surface area (Å²) in [7, 11) is 0. The molecule has 130 valence electrons. The molecule has 10 heteroatoms. The van der Waals surface area contributed by atoms with Gasteiger partial charge in [0.25, 0.3) is 5.91 Å². The van der Waals surface area contributed by atoms with Crippen molar-refractivity contribution >= 4 is 45.8 Å². The summed E-state index contributed by atoms with van der Waals surface area (Å²) in [6.07, 6.45) is -1.34. The van der Waals surface area contributed by atoms with Gasteiger partial charge in [0.15, 0.2) is 5.60 Å². The van der Waals surface area contributed by atoms with Gasteiger partial charge in [-0.1, -0.05) is 11.6 Å². The molecule has 2 N–H and O–H groups in total. The lowest BCUT2D eigenvalue weighted by atomic mass is 10.1. The first-order valence-electron chi connectivity index (χ1n) is 6.57. The number of rotatable bonds is 4. The molecule has 2 aromatic rings. The summed E-state index contributed by atoms with van der Waals surface area (Å²) in [6, 6.07) is 2.55. The van der Waals surface area contributed by atoms with Crippen LogP contribution in [0.3, 0.4) is 0 Å². The fourth-order valence-electron chi connectivity index (χ4n) is 1.86. The highest BCUT2D eigenvalue weighted by molar-refractivity contribution is 14.1. The zero-order valence-corrected chi connectivity index (χ0v) is 15.1. The highest BCUT2D eigenvalue weighted by Gasteiger charge is 2.33. The molecule has 0 aliphatic heterocycles. The van der Waals surface area contributed by atoms with Gasteiger partial charge in [-0.2, -0.15) is 18.3 Å². The van der Waals surface area contributed by atoms with Crippen molar-refractivity contribution in [1.82, 2.24) is 9.78 Å². The molecule has 0 radical (unpaired) electrons. The molecular formula is C14H12ClF3IN3O2. The lowest BCUT2D eigenvalue weighted by Crippen LogP contribution is -2.43. The van der Waals surface area contributed by atoms with Crippen molar-refractivity contribution < 1.29 is 23.1 Å². The maximum absolute atomic E-state index is 12.6. The molecular weight excluding hydrogens is 462 g/mol. The van der Waals surface area contributed by atoms with Gasteiger partial charge in [-0.05, 0) is 47.7 Å². The van der Waals surface area contributed by atoms with Gasteiger partial charge in [-0.25, -0.2) is 0 Å². The van der Waals surface area contributed by atoms with Gasteiger partial charge in [-0.3, -0.25) is 9.48 Å². The number of amides is 1. The zero-order chi connectivity index (χ0) is 18.1. The summed E-state index contributed by atoms with van der Waals surface area (Å²) in [5.74, 6) is -0.810. The van der Waals surface area contributed by atoms with E-state index in [0.29, 0.717) is 6.07 Å². The van der Waals surface area contributed by atoms with Crippen LogP contribution in [0.2, 0.25) is 5.02 Å². The Kier molecular flexibility index (Phi) is 5.45. The quantitative estimate of drug-likeness (QED) is 0.668. The molecule has 0 saturated carbocycles. The largest absolute Gasteiger partial charge is 0.416 e. The lowest BCUT2D eigenvalue weighted by Gasteiger charge is -2.22. The SMILES string of the molecule is C[C@](O)(Cn1cc(I)cn1)C(=O)Nc1ccc(C(F)(F)F)cc1Cl. The molecule has 0 aliphatic rings. The predicted octanol–water partition coefficient (Wildman–Crippen LogP) is 3.55. The molecule has 0 spiro atoms. The van der Waals surface area contributed by atoms with Crippen molar-refractivity contribution in [3.63, 3.8) is 0 Å². The fraction of sp³-hybridized carbons (Fsp3) is 0.286. The summed E-state index contributed by atoms with van der Waals surface area (Å²) < 4.78 is 40.0. The minimum Gasteiger partial charge on any atom is -0.378 e. The normalized spacial score (nSPS) is 14.3. The number of aliphatic hydroxyl groups is 1. The number of benzene rings is 1. The Labute approximate surface area is 153 Å². The number of nitrogens with one attached hydrogen (secondary N) is 1. The van der Waals surface area contributed by atoms with Crippen LogP contribution in [0.15, 0.2) is 30.6 Å². The molecule has 5 nitrogen and oxygen atoms in total. The van der Waals surface area contributed by atoms with E-state index in [0.717, 1.165) is 15.7 Å². The molecule has 2 rings (SSSR count). The van der Waals surface area contributed by atoms with E-state index in [1.807, 2.05) is 22.6 Å². The monoisotopic (exact) mass is 473 g/mol. The Hall–Kier alpha value is -1.33. The standard InChI is InChI=1S/C14H12ClF3IN3O2/c1-13(24,7-22-6-9(19)5-20-22)12(23)21-11-3-2-8(4-10(11)15)14(16,17)18/h2-6,24H,7H2,1H3,(H,21,23)/t13-/m0/s1. The van der Waals surface area contributed by atoms with Crippen LogP contribution in [0, 0.1) is 3.57 Å². The van der Waals surface area contributed by atoms with E-state index < -0.39 is 23.2 Å². The van der Waals surface area contributed by atoms with Crippen LogP contribution >= 0.6 is 34.2 Å². The minimum atomic E-state index is -4.53. The van der Waals surface area contributed by atoms with E-state index in [2.05, 4.69) is 10.4 Å². The molecule has 1 aromatic carbocycles. The Morgan fingerprint density at radius 2 is 2.12 bits per heavy atom. The number of anilines is 1. The average Bonchev–Trinajstić information content (AvgIpc) is 2.84. The van der Waals surface area contributed by atoms with Crippen molar-refractivity contribution in [2.24, 2.45) is 0 Å². The van der Waals surface area contributed by atoms with Crippen LogP contribution in [-0.2, 0) is 17.5 Å². The molecule has 0 aliphatic carbocycles. The van der Waals surface area contributed by atoms with E-state index in [9.17, 15) is 23.1 Å². The zero-order valence-electron chi connectivity index (χ0n) is 12.2. The smallest absolute Gasteiger partial charge is 0.378 e. The molecule has 0 bridgehead atoms. The van der Waals surface area contributed by atoms with Gasteiger partial charge in [0.1, 0.15) is 0 Å². The third-order valence-electron chi connectivity index (χ3n) is 3.11. The number of hydrogen-bond donors (Lipinski definition) is 2. The molecule has 1 amide bonds. The van der Waals surface area contributed by atoms with E-state index >= 15 is 0 Å². The molecule has 1 heterocycles. The summed E-state index contributed by atoms with van der Waals surface area (Å²) in [4.78, 5) is 12.2. The van der Waals surface area contributed by atoms with Crippen LogP contribution in [0.5, 0.6) is 0 Å². The number of aromatic nitrogens is 2. The second-order valence-electron chi connectivity index (χ2n) is 5.28. The minimum absolute atomic E-state index is 0.0232. The average molecular weight is 474 g/mol. The van der Waals surface area contributed by atoms with E-state index in [4.69, 9.17) is 11.6 Å². The summed E-state index contributed by atoms with van der Waals surface area (Å²) >= 11 is 7.81. The van der Waals surface area contributed by atoms with Crippen molar-refractivity contribution in [3.8, 4) is 0 Å². The lowest BCUT2D eigenvalue weighted by molar-refractivity contribution is -0.137. The molecule has 0 saturated heterocycles. The molecule has 0 fully saturated rings. The van der Waals surface area contributed by atoms with Crippen molar-refractivity contribution in [1.29, 1.82) is 0 Å². The number of halogens is 5. The van der Waals surface area contributed by atoms with Gasteiger partial charge in [-0.15, -0.1) is 0 Å². The number of hydrogen-bond acceptors (Lipinski definition) is 3. The number of alkyl halides is 3. The van der Waals surface area contributed by atoms with Gasteiger partial charge >= 0.3 is 6.18 Å². The van der Waals surface area contributed by atoms with Crippen LogP contribution in [0.4, 0.5) is 18.9 Å². The third kappa shape index (κ3) is 4.61. The first kappa shape index (κ1) is 19.0. The van der Waals surface area contributed by atoms with Crippen LogP contribution in [-0.4, -0.2) is 26.4 Å². The van der Waals surface area contributed by atoms with Crippen LogP contribution in [0.25, 0.3) is 0 Å². The molecule has 24 heavy (non-hydrogen) atoms. The van der Waals surface area contributed by atoms with Crippen molar-refractivity contribution in [2.45, 2.75) is 25.2 Å². The van der Waals surface area contributed by atoms with Gasteiger partial charge in [0.2, 0.25) is 0 Å². The Morgan fingerprint density at radius 3 is 2.62 bits per heavy atom. The fourth-order valence-corrected chi connectivity index (χ4v) is 2.54. The topological polar surface area (TPSA) is 67.1 Å². The summed E-state index contributed by atoms with van der Waals surface area (Å²) in [5, 5.41) is 16.3. The van der Waals surface area contributed by atoms with Crippen LogP contribution in [0.1, 0.15) is 12.5 Å². The maximum Gasteiger partial charge on any atom is 0.416 e. The number of carbonyl (C=O) groups is 1. The third-order valence-corrected chi connectivity index (χ3v) is 3.98. The Morgan fingerprint density at radius 1 is 1.46 bits per heavy atom. The first-order chi connectivity index (χ1) is 11.0. The second-order valence-corrected chi connectivity index (χ2v) is 6.93.